The lowest BCUT2D eigenvalue weighted by atomic mass is 10.2. The third-order valence-electron chi connectivity index (χ3n) is 1.65. The Morgan fingerprint density at radius 1 is 1.46 bits per heavy atom. The van der Waals surface area contributed by atoms with Gasteiger partial charge in [-0.15, -0.1) is 9.24 Å². The van der Waals surface area contributed by atoms with E-state index in [-0.39, 0.29) is 11.1 Å². The average Bonchev–Trinajstić information content (AvgIpc) is 2.16. The maximum atomic E-state index is 12.6. The molecule has 0 radical (unpaired) electrons. The molecule has 2 unspecified atom stereocenters. The molecule has 0 aliphatic heterocycles. The van der Waals surface area contributed by atoms with Gasteiger partial charge in [0.05, 0.1) is 0 Å². The van der Waals surface area contributed by atoms with Crippen LogP contribution in [0.5, 0.6) is 0 Å². The zero-order chi connectivity index (χ0) is 9.68. The van der Waals surface area contributed by atoms with Crippen molar-refractivity contribution in [2.45, 2.75) is 5.25 Å². The highest BCUT2D eigenvalue weighted by atomic mass is 32.2. The van der Waals surface area contributed by atoms with E-state index in [1.54, 1.807) is 12.1 Å². The van der Waals surface area contributed by atoms with E-state index in [2.05, 4.69) is 9.24 Å². The third kappa shape index (κ3) is 2.99. The molecule has 0 aromatic heterocycles. The highest BCUT2D eigenvalue weighted by molar-refractivity contribution is 8.04. The van der Waals surface area contributed by atoms with Crippen molar-refractivity contribution in [3.63, 3.8) is 0 Å². The van der Waals surface area contributed by atoms with Crippen molar-refractivity contribution < 1.29 is 4.39 Å². The molecule has 0 aliphatic carbocycles. The molecule has 4 heteroatoms. The molecule has 0 bridgehead atoms. The number of benzene rings is 1. The van der Waals surface area contributed by atoms with Gasteiger partial charge in [0.1, 0.15) is 11.2 Å². The molecule has 0 amide bonds. The molecular formula is C9H9FNPS. The molecule has 0 spiro atoms. The monoisotopic (exact) mass is 213 g/mol. The summed E-state index contributed by atoms with van der Waals surface area (Å²) in [5.41, 5.74) is 0.989. The zero-order valence-corrected chi connectivity index (χ0v) is 8.88. The second-order valence-electron chi connectivity index (χ2n) is 2.49. The van der Waals surface area contributed by atoms with Gasteiger partial charge >= 0.3 is 0 Å². The number of hydrogen-bond donors (Lipinski definition) is 0. The predicted octanol–water partition coefficient (Wildman–Crippen LogP) is 2.96. The molecule has 1 rings (SSSR count). The van der Waals surface area contributed by atoms with Crippen LogP contribution in [0.15, 0.2) is 24.3 Å². The quantitative estimate of drug-likeness (QED) is 0.569. The lowest BCUT2D eigenvalue weighted by Gasteiger charge is -2.09. The molecule has 0 N–H and O–H groups in total. The van der Waals surface area contributed by atoms with Gasteiger partial charge in [-0.1, -0.05) is 12.1 Å². The summed E-state index contributed by atoms with van der Waals surface area (Å²) in [6.07, 6.45) is 0.795. The Labute approximate surface area is 83.5 Å². The first-order valence-corrected chi connectivity index (χ1v) is 5.48. The van der Waals surface area contributed by atoms with Gasteiger partial charge in [0.25, 0.3) is 0 Å². The van der Waals surface area contributed by atoms with Crippen molar-refractivity contribution in [3.05, 3.63) is 35.6 Å². The molecule has 2 atom stereocenters. The summed E-state index contributed by atoms with van der Waals surface area (Å²) in [6, 6.07) is 6.27. The number of thiocyanates is 1. The van der Waals surface area contributed by atoms with Gasteiger partial charge in [-0.2, -0.15) is 5.26 Å². The Bertz CT molecular complexity index is 306. The Kier molecular flexibility index (Phi) is 4.21. The number of thioether (sulfide) groups is 1. The molecule has 0 saturated heterocycles. The number of nitriles is 1. The van der Waals surface area contributed by atoms with Gasteiger partial charge in [0.15, 0.2) is 0 Å². The van der Waals surface area contributed by atoms with Crippen LogP contribution < -0.4 is 0 Å². The molecule has 0 saturated carbocycles. The highest BCUT2D eigenvalue weighted by Crippen LogP contribution is 2.29. The first-order chi connectivity index (χ1) is 6.27. The minimum atomic E-state index is -0.242. The minimum absolute atomic E-state index is 0.121. The number of hydrogen-bond acceptors (Lipinski definition) is 2. The van der Waals surface area contributed by atoms with E-state index in [0.717, 1.165) is 11.7 Å². The lowest BCUT2D eigenvalue weighted by molar-refractivity contribution is 0.627. The van der Waals surface area contributed by atoms with Crippen LogP contribution in [0.25, 0.3) is 0 Å². The van der Waals surface area contributed by atoms with Crippen LogP contribution in [-0.4, -0.2) is 6.16 Å². The van der Waals surface area contributed by atoms with Crippen molar-refractivity contribution in [2.24, 2.45) is 0 Å². The molecule has 1 nitrogen and oxygen atoms in total. The molecule has 0 fully saturated rings. The Balaban J connectivity index is 2.80. The van der Waals surface area contributed by atoms with Crippen LogP contribution in [0.2, 0.25) is 0 Å². The summed E-state index contributed by atoms with van der Waals surface area (Å²) < 4.78 is 12.6. The average molecular weight is 213 g/mol. The SMILES string of the molecule is N#CSC(CP)c1ccc(F)cc1. The van der Waals surface area contributed by atoms with E-state index in [0.29, 0.717) is 0 Å². The van der Waals surface area contributed by atoms with Crippen molar-refractivity contribution in [1.29, 1.82) is 5.26 Å². The molecule has 1 aromatic rings. The Morgan fingerprint density at radius 2 is 2.08 bits per heavy atom. The van der Waals surface area contributed by atoms with Crippen LogP contribution in [0.4, 0.5) is 4.39 Å². The first-order valence-electron chi connectivity index (χ1n) is 3.78. The summed E-state index contributed by atoms with van der Waals surface area (Å²) in [4.78, 5) is 0. The van der Waals surface area contributed by atoms with E-state index >= 15 is 0 Å². The van der Waals surface area contributed by atoms with E-state index in [1.165, 1.54) is 23.9 Å². The van der Waals surface area contributed by atoms with E-state index in [4.69, 9.17) is 5.26 Å². The molecule has 1 aromatic carbocycles. The second-order valence-corrected chi connectivity index (χ2v) is 3.94. The maximum Gasteiger partial charge on any atom is 0.133 e. The molecule has 13 heavy (non-hydrogen) atoms. The van der Waals surface area contributed by atoms with Crippen molar-refractivity contribution in [2.75, 3.05) is 6.16 Å². The molecular weight excluding hydrogens is 204 g/mol. The standard InChI is InChI=1S/C9H9FNPS/c10-8-3-1-7(2-4-8)9(5-12)13-6-11/h1-4,9H,5,12H2. The number of nitrogens with zero attached hydrogens (tertiary/aromatic N) is 1. The van der Waals surface area contributed by atoms with Gasteiger partial charge in [-0.3, -0.25) is 0 Å². The van der Waals surface area contributed by atoms with Crippen LogP contribution in [-0.2, 0) is 0 Å². The minimum Gasteiger partial charge on any atom is -0.207 e. The Hall–Kier alpha value is -0.580. The summed E-state index contributed by atoms with van der Waals surface area (Å²) >= 11 is 1.20. The second kappa shape index (κ2) is 5.21. The topological polar surface area (TPSA) is 23.8 Å². The fraction of sp³-hybridized carbons (Fsp3) is 0.222. The largest absolute Gasteiger partial charge is 0.207 e. The van der Waals surface area contributed by atoms with Crippen LogP contribution in [0, 0.1) is 16.5 Å². The van der Waals surface area contributed by atoms with Crippen LogP contribution >= 0.6 is 21.0 Å². The van der Waals surface area contributed by atoms with E-state index in [1.807, 2.05) is 5.40 Å². The molecule has 0 aliphatic rings. The van der Waals surface area contributed by atoms with Gasteiger partial charge < -0.3 is 0 Å². The summed E-state index contributed by atoms with van der Waals surface area (Å²) in [5, 5.41) is 10.7. The van der Waals surface area contributed by atoms with Crippen LogP contribution in [0.3, 0.4) is 0 Å². The van der Waals surface area contributed by atoms with E-state index < -0.39 is 0 Å². The summed E-state index contributed by atoms with van der Waals surface area (Å²) in [5.74, 6) is -0.242. The first kappa shape index (κ1) is 10.5. The van der Waals surface area contributed by atoms with Gasteiger partial charge in [-0.05, 0) is 35.6 Å². The maximum absolute atomic E-state index is 12.6. The third-order valence-corrected chi connectivity index (χ3v) is 3.32. The normalized spacial score (nSPS) is 12.1. The fourth-order valence-corrected chi connectivity index (χ4v) is 2.07. The van der Waals surface area contributed by atoms with Gasteiger partial charge in [0, 0.05) is 5.25 Å². The predicted molar refractivity (Wildman–Crippen MR) is 56.9 cm³/mol. The zero-order valence-electron chi connectivity index (χ0n) is 6.90. The van der Waals surface area contributed by atoms with Gasteiger partial charge in [-0.25, -0.2) is 4.39 Å². The fourth-order valence-electron chi connectivity index (χ4n) is 0.993. The highest BCUT2D eigenvalue weighted by Gasteiger charge is 2.09. The van der Waals surface area contributed by atoms with Crippen molar-refractivity contribution in [3.8, 4) is 5.40 Å². The summed E-state index contributed by atoms with van der Waals surface area (Å²) in [7, 11) is 2.59. The smallest absolute Gasteiger partial charge is 0.133 e. The van der Waals surface area contributed by atoms with Crippen LogP contribution in [0.1, 0.15) is 10.8 Å². The van der Waals surface area contributed by atoms with Crippen molar-refractivity contribution >= 4 is 21.0 Å². The van der Waals surface area contributed by atoms with E-state index in [9.17, 15) is 4.39 Å². The number of rotatable bonds is 3. The van der Waals surface area contributed by atoms with Gasteiger partial charge in [0.2, 0.25) is 0 Å². The number of halogens is 1. The molecule has 68 valence electrons. The van der Waals surface area contributed by atoms with Crippen molar-refractivity contribution in [1.82, 2.24) is 0 Å². The lowest BCUT2D eigenvalue weighted by Crippen LogP contribution is -1.93. The molecule has 0 heterocycles. The summed E-state index contributed by atoms with van der Waals surface area (Å²) in [6.45, 7) is 0. The Morgan fingerprint density at radius 3 is 2.54 bits per heavy atom.